The van der Waals surface area contributed by atoms with Crippen molar-refractivity contribution >= 4 is 5.78 Å². The number of aryl methyl sites for hydroxylation is 1. The maximum atomic E-state index is 12.2. The lowest BCUT2D eigenvalue weighted by Gasteiger charge is -2.10. The Labute approximate surface area is 157 Å². The number of phenols is 3. The van der Waals surface area contributed by atoms with Crippen molar-refractivity contribution in [3.63, 3.8) is 0 Å². The minimum absolute atomic E-state index is 0.0586. The molecule has 0 bridgehead atoms. The summed E-state index contributed by atoms with van der Waals surface area (Å²) in [5, 5.41) is 29.2. The molecule has 5 nitrogen and oxygen atoms in total. The van der Waals surface area contributed by atoms with Crippen LogP contribution in [0.5, 0.6) is 23.0 Å². The number of rotatable bonds is 7. The molecule has 0 saturated carbocycles. The predicted molar refractivity (Wildman–Crippen MR) is 101 cm³/mol. The van der Waals surface area contributed by atoms with Gasteiger partial charge in [-0.05, 0) is 35.7 Å². The van der Waals surface area contributed by atoms with Gasteiger partial charge in [-0.3, -0.25) is 4.79 Å². The molecule has 3 aromatic rings. The molecule has 0 aliphatic carbocycles. The number of aromatic hydroxyl groups is 3. The summed E-state index contributed by atoms with van der Waals surface area (Å²) in [6.45, 7) is 0.401. The van der Waals surface area contributed by atoms with Gasteiger partial charge in [0.25, 0.3) is 0 Å². The summed E-state index contributed by atoms with van der Waals surface area (Å²) in [4.78, 5) is 12.2. The lowest BCUT2D eigenvalue weighted by atomic mass is 10.0. The van der Waals surface area contributed by atoms with Gasteiger partial charge in [0.1, 0.15) is 29.6 Å². The molecule has 3 rings (SSSR count). The third-order valence-corrected chi connectivity index (χ3v) is 4.21. The molecular formula is C22H20O5. The highest BCUT2D eigenvalue weighted by atomic mass is 16.5. The van der Waals surface area contributed by atoms with E-state index in [2.05, 4.69) is 0 Å². The third-order valence-electron chi connectivity index (χ3n) is 4.21. The van der Waals surface area contributed by atoms with E-state index in [4.69, 9.17) is 4.74 Å². The van der Waals surface area contributed by atoms with Crippen LogP contribution in [0.15, 0.2) is 66.7 Å². The number of hydrogen-bond acceptors (Lipinski definition) is 5. The second-order valence-electron chi connectivity index (χ2n) is 6.19. The van der Waals surface area contributed by atoms with Crippen LogP contribution in [-0.2, 0) is 13.0 Å². The van der Waals surface area contributed by atoms with Gasteiger partial charge in [-0.15, -0.1) is 0 Å². The van der Waals surface area contributed by atoms with E-state index in [1.807, 2.05) is 30.3 Å². The molecule has 0 aromatic heterocycles. The van der Waals surface area contributed by atoms with Gasteiger partial charge in [0.15, 0.2) is 5.78 Å². The molecule has 0 heterocycles. The Kier molecular flexibility index (Phi) is 5.61. The number of hydrogen-bond donors (Lipinski definition) is 3. The summed E-state index contributed by atoms with van der Waals surface area (Å²) in [7, 11) is 0. The molecule has 0 fully saturated rings. The van der Waals surface area contributed by atoms with E-state index in [1.54, 1.807) is 12.1 Å². The first kappa shape index (κ1) is 18.3. The van der Waals surface area contributed by atoms with Crippen LogP contribution in [0.3, 0.4) is 0 Å². The van der Waals surface area contributed by atoms with Crippen LogP contribution in [0.2, 0.25) is 0 Å². The second kappa shape index (κ2) is 8.27. The number of ether oxygens (including phenoxy) is 1. The minimum Gasteiger partial charge on any atom is -0.508 e. The summed E-state index contributed by atoms with van der Waals surface area (Å²) in [5.74, 6) is -0.0242. The van der Waals surface area contributed by atoms with Crippen LogP contribution in [0.1, 0.15) is 27.9 Å². The maximum absolute atomic E-state index is 12.2. The Morgan fingerprint density at radius 1 is 0.852 bits per heavy atom. The molecular weight excluding hydrogens is 344 g/mol. The smallest absolute Gasteiger partial charge is 0.166 e. The second-order valence-corrected chi connectivity index (χ2v) is 6.19. The Bertz CT molecular complexity index is 935. The molecule has 138 valence electrons. The van der Waals surface area contributed by atoms with Crippen LogP contribution in [0, 0.1) is 0 Å². The number of ketones is 1. The lowest BCUT2D eigenvalue weighted by Crippen LogP contribution is -2.02. The number of phenolic OH excluding ortho intramolecular Hbond substituents is 3. The van der Waals surface area contributed by atoms with Crippen LogP contribution in [0.4, 0.5) is 0 Å². The Morgan fingerprint density at radius 2 is 1.63 bits per heavy atom. The van der Waals surface area contributed by atoms with Gasteiger partial charge >= 0.3 is 0 Å². The SMILES string of the molecule is O=C(CCc1ccc(OCc2ccccc2)cc1O)c1ccc(O)cc1O. The molecule has 0 spiro atoms. The number of benzene rings is 3. The first-order chi connectivity index (χ1) is 13.0. The Hall–Kier alpha value is -3.47. The summed E-state index contributed by atoms with van der Waals surface area (Å²) >= 11 is 0. The monoisotopic (exact) mass is 364 g/mol. The van der Waals surface area contributed by atoms with Crippen molar-refractivity contribution in [2.75, 3.05) is 0 Å². The standard InChI is InChI=1S/C22H20O5/c23-17-8-10-19(22(26)12-17)20(24)11-7-16-6-9-18(13-21(16)25)27-14-15-4-2-1-3-5-15/h1-6,8-10,12-13,23,25-26H,7,11,14H2. The summed E-state index contributed by atoms with van der Waals surface area (Å²) < 4.78 is 5.67. The van der Waals surface area contributed by atoms with E-state index in [1.165, 1.54) is 18.2 Å². The van der Waals surface area contributed by atoms with Crippen LogP contribution < -0.4 is 4.74 Å². The fourth-order valence-corrected chi connectivity index (χ4v) is 2.72. The van der Waals surface area contributed by atoms with Gasteiger partial charge in [0.05, 0.1) is 5.56 Å². The highest BCUT2D eigenvalue weighted by Gasteiger charge is 2.13. The molecule has 0 radical (unpaired) electrons. The molecule has 0 atom stereocenters. The topological polar surface area (TPSA) is 87.0 Å². The van der Waals surface area contributed by atoms with Crippen molar-refractivity contribution in [3.8, 4) is 23.0 Å². The zero-order chi connectivity index (χ0) is 19.2. The van der Waals surface area contributed by atoms with Crippen LogP contribution in [-0.4, -0.2) is 21.1 Å². The van der Waals surface area contributed by atoms with E-state index in [-0.39, 0.29) is 35.0 Å². The summed E-state index contributed by atoms with van der Waals surface area (Å²) in [6.07, 6.45) is 0.445. The van der Waals surface area contributed by atoms with E-state index in [9.17, 15) is 20.1 Å². The molecule has 3 aromatic carbocycles. The van der Waals surface area contributed by atoms with Crippen LogP contribution >= 0.6 is 0 Å². The number of carbonyl (C=O) groups is 1. The van der Waals surface area contributed by atoms with Gasteiger partial charge in [-0.25, -0.2) is 0 Å². The Balaban J connectivity index is 1.60. The van der Waals surface area contributed by atoms with Gasteiger partial charge in [0, 0.05) is 18.6 Å². The normalized spacial score (nSPS) is 10.5. The zero-order valence-corrected chi connectivity index (χ0v) is 14.6. The molecule has 0 aliphatic rings. The molecule has 0 unspecified atom stereocenters. The van der Waals surface area contributed by atoms with Crippen molar-refractivity contribution in [2.24, 2.45) is 0 Å². The highest BCUT2D eigenvalue weighted by molar-refractivity contribution is 5.98. The van der Waals surface area contributed by atoms with Crippen molar-refractivity contribution < 1.29 is 24.9 Å². The minimum atomic E-state index is -0.267. The fourth-order valence-electron chi connectivity index (χ4n) is 2.72. The van der Waals surface area contributed by atoms with Crippen molar-refractivity contribution in [1.82, 2.24) is 0 Å². The quantitative estimate of drug-likeness (QED) is 0.547. The maximum Gasteiger partial charge on any atom is 0.166 e. The highest BCUT2D eigenvalue weighted by Crippen LogP contribution is 2.27. The van der Waals surface area contributed by atoms with Crippen LogP contribution in [0.25, 0.3) is 0 Å². The lowest BCUT2D eigenvalue weighted by molar-refractivity contribution is 0.0980. The molecule has 3 N–H and O–H groups in total. The molecule has 0 aliphatic heterocycles. The van der Waals surface area contributed by atoms with Gasteiger partial charge < -0.3 is 20.1 Å². The average molecular weight is 364 g/mol. The van der Waals surface area contributed by atoms with E-state index < -0.39 is 0 Å². The van der Waals surface area contributed by atoms with Gasteiger partial charge in [-0.1, -0.05) is 36.4 Å². The largest absolute Gasteiger partial charge is 0.508 e. The number of Topliss-reactive ketones (excluding diaryl/α,β-unsaturated/α-hetero) is 1. The van der Waals surface area contributed by atoms with E-state index in [0.717, 1.165) is 11.6 Å². The molecule has 0 saturated heterocycles. The predicted octanol–water partition coefficient (Wildman–Crippen LogP) is 4.20. The van der Waals surface area contributed by atoms with Crippen molar-refractivity contribution in [3.05, 3.63) is 83.4 Å². The molecule has 5 heteroatoms. The van der Waals surface area contributed by atoms with E-state index in [0.29, 0.717) is 24.3 Å². The molecule has 0 amide bonds. The van der Waals surface area contributed by atoms with Crippen molar-refractivity contribution in [2.45, 2.75) is 19.4 Å². The summed E-state index contributed by atoms with van der Waals surface area (Å²) in [6, 6.07) is 18.6. The zero-order valence-electron chi connectivity index (χ0n) is 14.6. The summed E-state index contributed by atoms with van der Waals surface area (Å²) in [5.41, 5.74) is 1.80. The average Bonchev–Trinajstić information content (AvgIpc) is 2.66. The third kappa shape index (κ3) is 4.79. The molecule has 27 heavy (non-hydrogen) atoms. The number of carbonyl (C=O) groups excluding carboxylic acids is 1. The van der Waals surface area contributed by atoms with Crippen molar-refractivity contribution in [1.29, 1.82) is 0 Å². The fraction of sp³-hybridized carbons (Fsp3) is 0.136. The first-order valence-corrected chi connectivity index (χ1v) is 8.57. The Morgan fingerprint density at radius 3 is 2.33 bits per heavy atom. The van der Waals surface area contributed by atoms with Gasteiger partial charge in [-0.2, -0.15) is 0 Å². The van der Waals surface area contributed by atoms with E-state index >= 15 is 0 Å². The first-order valence-electron chi connectivity index (χ1n) is 8.57. The van der Waals surface area contributed by atoms with Gasteiger partial charge in [0.2, 0.25) is 0 Å².